The normalized spacial score (nSPS) is 18.0. The molecule has 0 bridgehead atoms. The van der Waals surface area contributed by atoms with Gasteiger partial charge in [-0.25, -0.2) is 17.5 Å². The molecule has 6 heteroatoms. The molecule has 0 aromatic heterocycles. The van der Waals surface area contributed by atoms with Gasteiger partial charge in [0.25, 0.3) is 0 Å². The minimum Gasteiger partial charge on any atom is -0.398 e. The van der Waals surface area contributed by atoms with E-state index in [1.807, 2.05) is 0 Å². The molecule has 0 spiro atoms. The van der Waals surface area contributed by atoms with Crippen molar-refractivity contribution in [3.8, 4) is 0 Å². The highest BCUT2D eigenvalue weighted by molar-refractivity contribution is 7.89. The Hall–Kier alpha value is -1.14. The third-order valence-corrected chi connectivity index (χ3v) is 5.54. The zero-order valence-corrected chi connectivity index (χ0v) is 11.8. The number of nitrogens with one attached hydrogen (secondary N) is 1. The lowest BCUT2D eigenvalue weighted by Gasteiger charge is -2.41. The van der Waals surface area contributed by atoms with E-state index in [9.17, 15) is 12.8 Å². The van der Waals surface area contributed by atoms with E-state index in [4.69, 9.17) is 5.73 Å². The third kappa shape index (κ3) is 2.90. The molecule has 106 valence electrons. The molecule has 3 N–H and O–H groups in total. The van der Waals surface area contributed by atoms with E-state index < -0.39 is 15.8 Å². The number of nitrogen functional groups attached to an aromatic ring is 1. The first-order valence-electron chi connectivity index (χ1n) is 6.43. The zero-order chi connectivity index (χ0) is 14.1. The van der Waals surface area contributed by atoms with E-state index in [2.05, 4.69) is 11.6 Å². The van der Waals surface area contributed by atoms with Crippen LogP contribution in [-0.2, 0) is 10.0 Å². The molecule has 4 nitrogen and oxygen atoms in total. The molecule has 0 unspecified atom stereocenters. The number of benzene rings is 1. The minimum atomic E-state index is -3.67. The predicted molar refractivity (Wildman–Crippen MR) is 72.6 cm³/mol. The van der Waals surface area contributed by atoms with Gasteiger partial charge in [-0.1, -0.05) is 13.3 Å². The molecule has 0 radical (unpaired) electrons. The summed E-state index contributed by atoms with van der Waals surface area (Å²) in [7, 11) is -3.67. The van der Waals surface area contributed by atoms with Crippen LogP contribution in [0.1, 0.15) is 32.6 Å². The number of hydrogen-bond acceptors (Lipinski definition) is 3. The zero-order valence-electron chi connectivity index (χ0n) is 10.9. The van der Waals surface area contributed by atoms with Gasteiger partial charge in [-0.3, -0.25) is 0 Å². The first kappa shape index (κ1) is 14.3. The summed E-state index contributed by atoms with van der Waals surface area (Å²) >= 11 is 0. The van der Waals surface area contributed by atoms with Gasteiger partial charge in [0.2, 0.25) is 10.0 Å². The van der Waals surface area contributed by atoms with E-state index in [-0.39, 0.29) is 16.0 Å². The molecule has 1 saturated carbocycles. The van der Waals surface area contributed by atoms with Gasteiger partial charge in [0.1, 0.15) is 10.7 Å². The smallest absolute Gasteiger partial charge is 0.242 e. The largest absolute Gasteiger partial charge is 0.398 e. The van der Waals surface area contributed by atoms with Gasteiger partial charge in [0.15, 0.2) is 0 Å². The molecular formula is C13H19FN2O2S. The Balaban J connectivity index is 2.14. The van der Waals surface area contributed by atoms with Crippen molar-refractivity contribution < 1.29 is 12.8 Å². The monoisotopic (exact) mass is 286 g/mol. The van der Waals surface area contributed by atoms with E-state index in [0.29, 0.717) is 6.54 Å². The summed E-state index contributed by atoms with van der Waals surface area (Å²) in [5, 5.41) is 0. The lowest BCUT2D eigenvalue weighted by Crippen LogP contribution is -2.41. The SMILES string of the molecule is CCC1(CNS(=O)(=O)c2ccc(F)cc2N)CCC1. The Morgan fingerprint density at radius 2 is 2.11 bits per heavy atom. The Morgan fingerprint density at radius 3 is 2.58 bits per heavy atom. The topological polar surface area (TPSA) is 72.2 Å². The number of hydrogen-bond donors (Lipinski definition) is 2. The van der Waals surface area contributed by atoms with Crippen LogP contribution in [-0.4, -0.2) is 15.0 Å². The van der Waals surface area contributed by atoms with Crippen molar-refractivity contribution in [1.82, 2.24) is 4.72 Å². The van der Waals surface area contributed by atoms with Gasteiger partial charge in [-0.2, -0.15) is 0 Å². The second-order valence-corrected chi connectivity index (χ2v) is 6.95. The van der Waals surface area contributed by atoms with Crippen LogP contribution in [0.5, 0.6) is 0 Å². The molecule has 0 amide bonds. The van der Waals surface area contributed by atoms with Crippen molar-refractivity contribution in [2.45, 2.75) is 37.5 Å². The average molecular weight is 286 g/mol. The molecule has 1 aliphatic rings. The van der Waals surface area contributed by atoms with Crippen molar-refractivity contribution >= 4 is 15.7 Å². The first-order valence-corrected chi connectivity index (χ1v) is 7.92. The Labute approximate surface area is 113 Å². The Kier molecular flexibility index (Phi) is 3.82. The summed E-state index contributed by atoms with van der Waals surface area (Å²) in [6, 6.07) is 3.32. The molecule has 1 aromatic rings. The second-order valence-electron chi connectivity index (χ2n) is 5.21. The summed E-state index contributed by atoms with van der Waals surface area (Å²) in [5.41, 5.74) is 5.59. The summed E-state index contributed by atoms with van der Waals surface area (Å²) < 4.78 is 39.8. The summed E-state index contributed by atoms with van der Waals surface area (Å²) in [6.45, 7) is 2.49. The highest BCUT2D eigenvalue weighted by atomic mass is 32.2. The summed E-state index contributed by atoms with van der Waals surface area (Å²) in [5.74, 6) is -0.541. The van der Waals surface area contributed by atoms with Crippen LogP contribution < -0.4 is 10.5 Å². The molecule has 19 heavy (non-hydrogen) atoms. The van der Waals surface area contributed by atoms with Crippen LogP contribution in [0.25, 0.3) is 0 Å². The fourth-order valence-electron chi connectivity index (χ4n) is 2.42. The molecule has 0 atom stereocenters. The fraction of sp³-hybridized carbons (Fsp3) is 0.538. The maximum Gasteiger partial charge on any atom is 0.242 e. The fourth-order valence-corrected chi connectivity index (χ4v) is 3.69. The molecule has 0 aliphatic heterocycles. The molecular weight excluding hydrogens is 267 g/mol. The standard InChI is InChI=1S/C13H19FN2O2S/c1-2-13(6-3-7-13)9-16-19(17,18)12-5-4-10(14)8-11(12)15/h4-5,8,16H,2-3,6-7,9,15H2,1H3. The second kappa shape index (κ2) is 5.09. The number of rotatable bonds is 5. The van der Waals surface area contributed by atoms with E-state index in [1.54, 1.807) is 0 Å². The van der Waals surface area contributed by atoms with Crippen LogP contribution in [0.4, 0.5) is 10.1 Å². The van der Waals surface area contributed by atoms with E-state index in [0.717, 1.165) is 37.8 Å². The highest BCUT2D eigenvalue weighted by Gasteiger charge is 2.36. The predicted octanol–water partition coefficient (Wildman–Crippen LogP) is 2.27. The quantitative estimate of drug-likeness (QED) is 0.816. The molecule has 2 rings (SSSR count). The molecule has 1 aliphatic carbocycles. The van der Waals surface area contributed by atoms with Crippen LogP contribution >= 0.6 is 0 Å². The summed E-state index contributed by atoms with van der Waals surface area (Å²) in [6.07, 6.45) is 4.19. The minimum absolute atomic E-state index is 0.0560. The maximum absolute atomic E-state index is 12.9. The van der Waals surface area contributed by atoms with Gasteiger partial charge >= 0.3 is 0 Å². The van der Waals surface area contributed by atoms with Gasteiger partial charge in [-0.15, -0.1) is 0 Å². The molecule has 1 fully saturated rings. The lowest BCUT2D eigenvalue weighted by atomic mass is 9.67. The third-order valence-electron chi connectivity index (χ3n) is 4.06. The number of sulfonamides is 1. The molecule has 0 heterocycles. The van der Waals surface area contributed by atoms with Crippen LogP contribution in [0.15, 0.2) is 23.1 Å². The van der Waals surface area contributed by atoms with Crippen LogP contribution in [0.3, 0.4) is 0 Å². The van der Waals surface area contributed by atoms with Crippen LogP contribution in [0, 0.1) is 11.2 Å². The van der Waals surface area contributed by atoms with Crippen LogP contribution in [0.2, 0.25) is 0 Å². The lowest BCUT2D eigenvalue weighted by molar-refractivity contribution is 0.133. The highest BCUT2D eigenvalue weighted by Crippen LogP contribution is 2.43. The van der Waals surface area contributed by atoms with Crippen molar-refractivity contribution in [3.63, 3.8) is 0 Å². The van der Waals surface area contributed by atoms with Crippen molar-refractivity contribution in [2.75, 3.05) is 12.3 Å². The van der Waals surface area contributed by atoms with Crippen molar-refractivity contribution in [3.05, 3.63) is 24.0 Å². The van der Waals surface area contributed by atoms with Gasteiger partial charge in [0, 0.05) is 6.54 Å². The molecule has 0 saturated heterocycles. The average Bonchev–Trinajstić information content (AvgIpc) is 2.27. The van der Waals surface area contributed by atoms with Gasteiger partial charge in [-0.05, 0) is 42.9 Å². The Bertz CT molecular complexity index is 562. The van der Waals surface area contributed by atoms with Crippen molar-refractivity contribution in [2.24, 2.45) is 5.41 Å². The molecule has 1 aromatic carbocycles. The van der Waals surface area contributed by atoms with Crippen molar-refractivity contribution in [1.29, 1.82) is 0 Å². The first-order chi connectivity index (χ1) is 8.88. The maximum atomic E-state index is 12.9. The Morgan fingerprint density at radius 1 is 1.42 bits per heavy atom. The van der Waals surface area contributed by atoms with E-state index in [1.165, 1.54) is 6.07 Å². The van der Waals surface area contributed by atoms with E-state index >= 15 is 0 Å². The van der Waals surface area contributed by atoms with Gasteiger partial charge < -0.3 is 5.73 Å². The van der Waals surface area contributed by atoms with Gasteiger partial charge in [0.05, 0.1) is 5.69 Å². The number of halogens is 1. The number of anilines is 1. The summed E-state index contributed by atoms with van der Waals surface area (Å²) in [4.78, 5) is -0.0560. The number of nitrogens with two attached hydrogens (primary N) is 1.